The van der Waals surface area contributed by atoms with Gasteiger partial charge in [-0.05, 0) is 49.5 Å². The number of benzene rings is 2. The van der Waals surface area contributed by atoms with Crippen LogP contribution in [0.5, 0.6) is 0 Å². The molecule has 0 unspecified atom stereocenters. The molecule has 4 aromatic rings. The summed E-state index contributed by atoms with van der Waals surface area (Å²) in [6.07, 6.45) is 1.65. The third-order valence-corrected chi connectivity index (χ3v) is 6.69. The number of hydrogen-bond donors (Lipinski definition) is 2. The van der Waals surface area contributed by atoms with Crippen molar-refractivity contribution in [1.29, 1.82) is 0 Å². The zero-order chi connectivity index (χ0) is 23.3. The van der Waals surface area contributed by atoms with Gasteiger partial charge in [0.2, 0.25) is 5.91 Å². The van der Waals surface area contributed by atoms with Gasteiger partial charge >= 0.3 is 0 Å². The topological polar surface area (TPSA) is 102 Å². The van der Waals surface area contributed by atoms with Crippen molar-refractivity contribution in [3.8, 4) is 17.1 Å². The smallest absolute Gasteiger partial charge is 0.241 e. The number of primary amides is 1. The molecular formula is C22H18Cl3N7O. The number of amides is 1. The van der Waals surface area contributed by atoms with Crippen LogP contribution in [0.15, 0.2) is 48.7 Å². The van der Waals surface area contributed by atoms with E-state index in [9.17, 15) is 4.79 Å². The normalized spacial score (nSPS) is 15.0. The van der Waals surface area contributed by atoms with Crippen molar-refractivity contribution in [1.82, 2.24) is 25.1 Å². The van der Waals surface area contributed by atoms with E-state index in [4.69, 9.17) is 45.5 Å². The fourth-order valence-corrected chi connectivity index (χ4v) is 4.63. The molecule has 0 spiro atoms. The molecule has 168 valence electrons. The highest BCUT2D eigenvalue weighted by molar-refractivity contribution is 6.36. The van der Waals surface area contributed by atoms with Crippen LogP contribution in [0.4, 0.5) is 5.82 Å². The van der Waals surface area contributed by atoms with Crippen LogP contribution in [-0.2, 0) is 4.79 Å². The summed E-state index contributed by atoms with van der Waals surface area (Å²) in [6.45, 7) is 0.717. The summed E-state index contributed by atoms with van der Waals surface area (Å²) in [5, 5.41) is 13.2. The van der Waals surface area contributed by atoms with Crippen LogP contribution in [0.1, 0.15) is 0 Å². The van der Waals surface area contributed by atoms with Crippen LogP contribution in [0.2, 0.25) is 15.1 Å². The van der Waals surface area contributed by atoms with Crippen LogP contribution in [0.25, 0.3) is 28.1 Å². The number of rotatable bonds is 5. The molecule has 0 saturated carbocycles. The van der Waals surface area contributed by atoms with Gasteiger partial charge in [0.25, 0.3) is 0 Å². The Hall–Kier alpha value is -2.91. The van der Waals surface area contributed by atoms with Gasteiger partial charge in [0.1, 0.15) is 16.9 Å². The summed E-state index contributed by atoms with van der Waals surface area (Å²) in [6, 6.07) is 12.6. The molecular weight excluding hydrogens is 485 g/mol. The summed E-state index contributed by atoms with van der Waals surface area (Å²) in [7, 11) is 1.71. The molecule has 3 heterocycles. The molecule has 3 N–H and O–H groups in total. The Morgan fingerprint density at radius 3 is 2.42 bits per heavy atom. The lowest BCUT2D eigenvalue weighted by Gasteiger charge is -2.48. The maximum atomic E-state index is 11.9. The van der Waals surface area contributed by atoms with Gasteiger partial charge in [-0.25, -0.2) is 4.98 Å². The summed E-state index contributed by atoms with van der Waals surface area (Å²) >= 11 is 18.8. The fraction of sp³-hybridized carbons (Fsp3) is 0.182. The van der Waals surface area contributed by atoms with Crippen molar-refractivity contribution < 1.29 is 4.79 Å². The van der Waals surface area contributed by atoms with Gasteiger partial charge < -0.3 is 16.0 Å². The zero-order valence-corrected chi connectivity index (χ0v) is 19.7. The Labute approximate surface area is 204 Å². The maximum absolute atomic E-state index is 11.9. The predicted molar refractivity (Wildman–Crippen MR) is 130 cm³/mol. The van der Waals surface area contributed by atoms with Gasteiger partial charge in [-0.3, -0.25) is 9.36 Å². The molecule has 1 amide bonds. The van der Waals surface area contributed by atoms with E-state index in [-0.39, 0.29) is 0 Å². The number of hydrogen-bond acceptors (Lipinski definition) is 6. The number of fused-ring (bicyclic) bond motifs is 1. The number of anilines is 1. The molecule has 11 heteroatoms. The monoisotopic (exact) mass is 501 g/mol. The van der Waals surface area contributed by atoms with Gasteiger partial charge in [0.05, 0.1) is 16.7 Å². The summed E-state index contributed by atoms with van der Waals surface area (Å²) < 4.78 is 1.94. The fourth-order valence-electron chi connectivity index (χ4n) is 4.01. The van der Waals surface area contributed by atoms with E-state index < -0.39 is 11.4 Å². The van der Waals surface area contributed by atoms with E-state index >= 15 is 0 Å². The van der Waals surface area contributed by atoms with E-state index in [1.165, 1.54) is 0 Å². The quantitative estimate of drug-likeness (QED) is 0.431. The van der Waals surface area contributed by atoms with Crippen LogP contribution in [0, 0.1) is 0 Å². The van der Waals surface area contributed by atoms with Crippen molar-refractivity contribution in [2.75, 3.05) is 25.0 Å². The van der Waals surface area contributed by atoms with Crippen LogP contribution >= 0.6 is 34.8 Å². The molecule has 0 atom stereocenters. The first-order chi connectivity index (χ1) is 15.8. The first-order valence-corrected chi connectivity index (χ1v) is 11.2. The third kappa shape index (κ3) is 3.59. The summed E-state index contributed by atoms with van der Waals surface area (Å²) in [4.78, 5) is 18.8. The van der Waals surface area contributed by atoms with Crippen molar-refractivity contribution in [3.63, 3.8) is 0 Å². The average molecular weight is 503 g/mol. The summed E-state index contributed by atoms with van der Waals surface area (Å²) in [5.74, 6) is 0.737. The number of likely N-dealkylation sites (N-methyl/N-ethyl adjacent to an activating group) is 1. The molecule has 1 saturated heterocycles. The molecule has 8 nitrogen and oxygen atoms in total. The highest BCUT2D eigenvalue weighted by atomic mass is 35.5. The van der Waals surface area contributed by atoms with Crippen molar-refractivity contribution in [3.05, 3.63) is 63.7 Å². The Balaban J connectivity index is 1.71. The van der Waals surface area contributed by atoms with Gasteiger partial charge in [-0.1, -0.05) is 34.8 Å². The van der Waals surface area contributed by atoms with Crippen molar-refractivity contribution in [2.24, 2.45) is 5.73 Å². The Kier molecular flexibility index (Phi) is 5.41. The molecule has 1 aliphatic heterocycles. The molecule has 0 radical (unpaired) electrons. The van der Waals surface area contributed by atoms with Crippen molar-refractivity contribution >= 4 is 57.6 Å². The molecule has 5 rings (SSSR count). The second kappa shape index (κ2) is 8.14. The highest BCUT2D eigenvalue weighted by Crippen LogP contribution is 2.37. The number of nitrogens with zero attached hydrogens (tertiary/aromatic N) is 5. The molecule has 2 aromatic carbocycles. The first-order valence-electron chi connectivity index (χ1n) is 10.0. The lowest BCUT2D eigenvalue weighted by molar-refractivity contribution is -0.125. The number of carbonyl (C=O) groups is 1. The number of halogens is 3. The van der Waals surface area contributed by atoms with Gasteiger partial charge in [0.15, 0.2) is 5.82 Å². The van der Waals surface area contributed by atoms with E-state index in [0.717, 1.165) is 11.2 Å². The van der Waals surface area contributed by atoms with Crippen molar-refractivity contribution in [2.45, 2.75) is 5.54 Å². The molecule has 33 heavy (non-hydrogen) atoms. The Morgan fingerprint density at radius 1 is 1.09 bits per heavy atom. The number of aromatic nitrogens is 4. The Morgan fingerprint density at radius 2 is 1.79 bits per heavy atom. The minimum atomic E-state index is -0.815. The SMILES string of the molecule is CNC1(C(N)=O)CN(c2nncc3c2nc(-c2ccc(Cl)cc2Cl)n3-c2ccc(Cl)cc2)C1. The number of carbonyl (C=O) groups excluding carboxylic acids is 1. The largest absolute Gasteiger partial charge is 0.368 e. The van der Waals surface area contributed by atoms with Gasteiger partial charge in [0, 0.05) is 34.4 Å². The minimum Gasteiger partial charge on any atom is -0.368 e. The lowest BCUT2D eigenvalue weighted by atomic mass is 9.89. The third-order valence-electron chi connectivity index (χ3n) is 5.89. The van der Waals surface area contributed by atoms with Crippen LogP contribution < -0.4 is 16.0 Å². The number of imidazole rings is 1. The second-order valence-corrected chi connectivity index (χ2v) is 9.11. The molecule has 0 aliphatic carbocycles. The first kappa shape index (κ1) is 21.9. The van der Waals surface area contributed by atoms with E-state index in [1.54, 1.807) is 37.5 Å². The van der Waals surface area contributed by atoms with E-state index in [1.807, 2.05) is 27.7 Å². The Bertz CT molecular complexity index is 1380. The predicted octanol–water partition coefficient (Wildman–Crippen LogP) is 3.71. The molecule has 1 fully saturated rings. The molecule has 1 aliphatic rings. The molecule has 2 aromatic heterocycles. The number of nitrogens with one attached hydrogen (secondary N) is 1. The average Bonchev–Trinajstić information content (AvgIpc) is 3.13. The molecule has 0 bridgehead atoms. The van der Waals surface area contributed by atoms with Crippen LogP contribution in [-0.4, -0.2) is 51.3 Å². The maximum Gasteiger partial charge on any atom is 0.241 e. The number of nitrogens with two attached hydrogens (primary N) is 1. The minimum absolute atomic E-state index is 0.359. The highest BCUT2D eigenvalue weighted by Gasteiger charge is 2.48. The van der Waals surface area contributed by atoms with Gasteiger partial charge in [-0.2, -0.15) is 5.10 Å². The summed E-state index contributed by atoms with van der Waals surface area (Å²) in [5.41, 5.74) is 7.65. The van der Waals surface area contributed by atoms with Crippen LogP contribution in [0.3, 0.4) is 0 Å². The van der Waals surface area contributed by atoms with E-state index in [2.05, 4.69) is 15.5 Å². The zero-order valence-electron chi connectivity index (χ0n) is 17.4. The lowest BCUT2D eigenvalue weighted by Crippen LogP contribution is -2.74. The second-order valence-electron chi connectivity index (χ2n) is 7.83. The van der Waals surface area contributed by atoms with Gasteiger partial charge in [-0.15, -0.1) is 5.10 Å². The van der Waals surface area contributed by atoms with E-state index in [0.29, 0.717) is 50.9 Å². The standard InChI is InChI=1S/C22H18Cl3N7O/c1-27-22(21(26)33)10-31(11-22)20-18-17(9-28-30-20)32(14-5-2-12(23)3-6-14)19(29-18)15-7-4-13(24)8-16(15)25/h2-9,27H,10-11H2,1H3,(H2,26,33).